The lowest BCUT2D eigenvalue weighted by atomic mass is 10.0. The first-order chi connectivity index (χ1) is 26.1. The molecule has 1 aromatic heterocycles. The minimum Gasteiger partial charge on any atom is -0.497 e. The Morgan fingerprint density at radius 1 is 0.852 bits per heavy atom. The Balaban J connectivity index is 1.36. The second kappa shape index (κ2) is 18.8. The molecule has 0 saturated carbocycles. The molecule has 0 fully saturated rings. The number of methoxy groups -OCH3 is 2. The van der Waals surface area contributed by atoms with Gasteiger partial charge in [0.2, 0.25) is 5.91 Å². The number of thiophene rings is 1. The van der Waals surface area contributed by atoms with Crippen molar-refractivity contribution in [3.8, 4) is 22.6 Å². The Labute approximate surface area is 322 Å². The van der Waals surface area contributed by atoms with Crippen LogP contribution in [0.3, 0.4) is 0 Å². The van der Waals surface area contributed by atoms with Gasteiger partial charge in [0.25, 0.3) is 11.8 Å². The lowest BCUT2D eigenvalue weighted by molar-refractivity contribution is -0.116. The van der Waals surface area contributed by atoms with E-state index < -0.39 is 23.0 Å². The van der Waals surface area contributed by atoms with Gasteiger partial charge in [0, 0.05) is 32.7 Å². The highest BCUT2D eigenvalue weighted by molar-refractivity contribution is 8.00. The molecular weight excluding hydrogens is 723 g/mol. The number of anilines is 2. The van der Waals surface area contributed by atoms with Crippen LogP contribution in [0.1, 0.15) is 52.1 Å². The molecule has 54 heavy (non-hydrogen) atoms. The van der Waals surface area contributed by atoms with E-state index in [2.05, 4.69) is 16.0 Å². The van der Waals surface area contributed by atoms with Gasteiger partial charge >= 0.3 is 5.97 Å². The van der Waals surface area contributed by atoms with Gasteiger partial charge in [-0.05, 0) is 80.4 Å². The van der Waals surface area contributed by atoms with Gasteiger partial charge in [-0.25, -0.2) is 4.79 Å². The summed E-state index contributed by atoms with van der Waals surface area (Å²) in [5.74, 6) is -0.820. The smallest absolute Gasteiger partial charge is 0.341 e. The van der Waals surface area contributed by atoms with Crippen LogP contribution in [-0.4, -0.2) is 49.8 Å². The fourth-order valence-corrected chi connectivity index (χ4v) is 7.35. The van der Waals surface area contributed by atoms with Crippen LogP contribution in [0.4, 0.5) is 10.7 Å². The zero-order valence-electron chi connectivity index (χ0n) is 30.6. The maximum absolute atomic E-state index is 13.8. The Kier molecular flexibility index (Phi) is 13.7. The van der Waals surface area contributed by atoms with E-state index in [-0.39, 0.29) is 18.2 Å². The van der Waals surface area contributed by atoms with Crippen molar-refractivity contribution in [1.29, 1.82) is 0 Å². The molecule has 10 nitrogen and oxygen atoms in total. The molecule has 1 atom stereocenters. The predicted octanol–water partition coefficient (Wildman–Crippen LogP) is 8.84. The van der Waals surface area contributed by atoms with E-state index in [9.17, 15) is 19.2 Å². The quantitative estimate of drug-likeness (QED) is 0.0548. The highest BCUT2D eigenvalue weighted by Gasteiger charge is 2.26. The van der Waals surface area contributed by atoms with Crippen molar-refractivity contribution in [2.24, 2.45) is 0 Å². The van der Waals surface area contributed by atoms with Crippen LogP contribution in [0.25, 0.3) is 17.2 Å². The molecule has 0 radical (unpaired) electrons. The number of hydrogen-bond donors (Lipinski definition) is 3. The largest absolute Gasteiger partial charge is 0.497 e. The molecule has 12 heteroatoms. The molecule has 4 aromatic carbocycles. The molecule has 5 aromatic rings. The van der Waals surface area contributed by atoms with Crippen LogP contribution in [-0.2, 0) is 14.3 Å². The standard InChI is InChI=1S/C42H41N3O7S2/c1-6-36(40(48)45-41-37(42(49)52-7-2)33(25-53-41)27-18-16-26(3)17-19-27)54-32-15-11-14-30(24-32)43-39(47)34(44-38(46)28-12-9-8-10-13-28)23-29-22-31(50-4)20-21-35(29)51-5/h8-25,36H,6-7H2,1-5H3,(H,43,47)(H,44,46)(H,45,48)/b34-23+. The predicted molar refractivity (Wildman–Crippen MR) is 216 cm³/mol. The number of rotatable bonds is 15. The minimum atomic E-state index is -0.579. The van der Waals surface area contributed by atoms with Gasteiger partial charge in [-0.1, -0.05) is 61.0 Å². The lowest BCUT2D eigenvalue weighted by Gasteiger charge is -2.16. The van der Waals surface area contributed by atoms with Crippen molar-refractivity contribution < 1.29 is 33.4 Å². The first-order valence-corrected chi connectivity index (χ1v) is 18.9. The van der Waals surface area contributed by atoms with E-state index >= 15 is 0 Å². The Morgan fingerprint density at radius 3 is 2.30 bits per heavy atom. The number of thioether (sulfide) groups is 1. The van der Waals surface area contributed by atoms with E-state index in [0.29, 0.717) is 50.9 Å². The summed E-state index contributed by atoms with van der Waals surface area (Å²) in [5.41, 5.74) is 4.25. The second-order valence-corrected chi connectivity index (χ2v) is 14.1. The average molecular weight is 764 g/mol. The molecule has 0 aliphatic heterocycles. The molecule has 0 spiro atoms. The summed E-state index contributed by atoms with van der Waals surface area (Å²) in [5, 5.41) is 10.3. The Hall–Kier alpha value is -5.85. The molecule has 1 unspecified atom stereocenters. The van der Waals surface area contributed by atoms with Crippen molar-refractivity contribution >= 4 is 63.6 Å². The maximum atomic E-state index is 13.8. The first kappa shape index (κ1) is 39.4. The molecule has 3 N–H and O–H groups in total. The second-order valence-electron chi connectivity index (χ2n) is 11.9. The third kappa shape index (κ3) is 9.97. The molecule has 278 valence electrons. The van der Waals surface area contributed by atoms with Gasteiger partial charge in [-0.2, -0.15) is 0 Å². The molecule has 0 aliphatic carbocycles. The molecule has 3 amide bonds. The Bertz CT molecular complexity index is 2150. The van der Waals surface area contributed by atoms with Crippen molar-refractivity contribution in [3.63, 3.8) is 0 Å². The SMILES string of the molecule is CCOC(=O)c1c(-c2ccc(C)cc2)csc1NC(=O)C(CC)Sc1cccc(NC(=O)/C(=C\c2cc(OC)ccc2OC)NC(=O)c2ccccc2)c1. The summed E-state index contributed by atoms with van der Waals surface area (Å²) < 4.78 is 16.3. The highest BCUT2D eigenvalue weighted by Crippen LogP contribution is 2.37. The van der Waals surface area contributed by atoms with Gasteiger partial charge < -0.3 is 30.2 Å². The topological polar surface area (TPSA) is 132 Å². The van der Waals surface area contributed by atoms with E-state index in [0.717, 1.165) is 16.0 Å². The van der Waals surface area contributed by atoms with E-state index in [1.165, 1.54) is 43.4 Å². The van der Waals surface area contributed by atoms with Crippen molar-refractivity contribution in [1.82, 2.24) is 5.32 Å². The van der Waals surface area contributed by atoms with Crippen LogP contribution in [0.5, 0.6) is 11.5 Å². The van der Waals surface area contributed by atoms with Crippen molar-refractivity contribution in [2.75, 3.05) is 31.5 Å². The van der Waals surface area contributed by atoms with Gasteiger partial charge in [-0.3, -0.25) is 14.4 Å². The summed E-state index contributed by atoms with van der Waals surface area (Å²) in [6.45, 7) is 5.83. The summed E-state index contributed by atoms with van der Waals surface area (Å²) >= 11 is 2.60. The zero-order valence-corrected chi connectivity index (χ0v) is 32.2. The molecule has 1 heterocycles. The lowest BCUT2D eigenvalue weighted by Crippen LogP contribution is -2.30. The van der Waals surface area contributed by atoms with E-state index in [1.807, 2.05) is 49.6 Å². The van der Waals surface area contributed by atoms with Gasteiger partial charge in [0.05, 0.1) is 26.1 Å². The number of aryl methyl sites for hydroxylation is 1. The maximum Gasteiger partial charge on any atom is 0.341 e. The number of nitrogens with one attached hydrogen (secondary N) is 3. The summed E-state index contributed by atoms with van der Waals surface area (Å²) in [4.78, 5) is 54.6. The fraction of sp³-hybridized carbons (Fsp3) is 0.190. The summed E-state index contributed by atoms with van der Waals surface area (Å²) in [7, 11) is 3.04. The molecule has 0 aliphatic rings. The third-order valence-electron chi connectivity index (χ3n) is 8.17. The first-order valence-electron chi connectivity index (χ1n) is 17.2. The Morgan fingerprint density at radius 2 is 1.61 bits per heavy atom. The molecular formula is C42H41N3O7S2. The number of benzene rings is 4. The van der Waals surface area contributed by atoms with E-state index in [4.69, 9.17) is 14.2 Å². The van der Waals surface area contributed by atoms with Crippen LogP contribution in [0.2, 0.25) is 0 Å². The van der Waals surface area contributed by atoms with Crippen molar-refractivity contribution in [2.45, 2.75) is 37.3 Å². The summed E-state index contributed by atoms with van der Waals surface area (Å²) in [6, 6.07) is 28.6. The molecule has 5 rings (SSSR count). The monoisotopic (exact) mass is 763 g/mol. The fourth-order valence-electron chi connectivity index (χ4n) is 5.38. The normalized spacial score (nSPS) is 11.6. The van der Waals surface area contributed by atoms with Crippen LogP contribution in [0.15, 0.2) is 113 Å². The van der Waals surface area contributed by atoms with E-state index in [1.54, 1.807) is 73.7 Å². The molecule has 0 saturated heterocycles. The number of amides is 3. The van der Waals surface area contributed by atoms with Gasteiger partial charge in [0.1, 0.15) is 27.8 Å². The van der Waals surface area contributed by atoms with Crippen molar-refractivity contribution in [3.05, 3.63) is 130 Å². The van der Waals surface area contributed by atoms with Gasteiger partial charge in [-0.15, -0.1) is 23.1 Å². The number of carbonyl (C=O) groups is 4. The number of hydrogen-bond acceptors (Lipinski definition) is 9. The van der Waals surface area contributed by atoms with Gasteiger partial charge in [0.15, 0.2) is 0 Å². The third-order valence-corrected chi connectivity index (χ3v) is 10.4. The minimum absolute atomic E-state index is 0.0300. The number of ether oxygens (including phenoxy) is 3. The number of esters is 1. The number of carbonyl (C=O) groups excluding carboxylic acids is 4. The zero-order chi connectivity index (χ0) is 38.6. The average Bonchev–Trinajstić information content (AvgIpc) is 3.60. The van der Waals surface area contributed by atoms with Crippen LogP contribution < -0.4 is 25.4 Å². The molecule has 0 bridgehead atoms. The van der Waals surface area contributed by atoms with Crippen LogP contribution >= 0.6 is 23.1 Å². The summed E-state index contributed by atoms with van der Waals surface area (Å²) in [6.07, 6.45) is 2.01. The highest BCUT2D eigenvalue weighted by atomic mass is 32.2. The van der Waals surface area contributed by atoms with Crippen LogP contribution in [0, 0.1) is 6.92 Å².